The van der Waals surface area contributed by atoms with Crippen LogP contribution in [0.15, 0.2) is 47.3 Å². The number of benzene rings is 2. The zero-order chi connectivity index (χ0) is 22.1. The molecule has 2 aromatic heterocycles. The maximum Gasteiger partial charge on any atom is 0.276 e. The van der Waals surface area contributed by atoms with Crippen LogP contribution in [0.5, 0.6) is 11.5 Å². The van der Waals surface area contributed by atoms with Crippen LogP contribution < -0.4 is 20.3 Å². The smallest absolute Gasteiger partial charge is 0.276 e. The summed E-state index contributed by atoms with van der Waals surface area (Å²) in [5.74, 6) is 0.846. The van der Waals surface area contributed by atoms with E-state index in [0.29, 0.717) is 16.9 Å². The van der Waals surface area contributed by atoms with Crippen molar-refractivity contribution in [3.63, 3.8) is 0 Å². The number of fused-ring (bicyclic) bond motifs is 3. The second-order valence-corrected chi connectivity index (χ2v) is 8.24. The molecule has 0 radical (unpaired) electrons. The summed E-state index contributed by atoms with van der Waals surface area (Å²) in [6, 6.07) is 12.5. The number of nitrogens with one attached hydrogen (secondary N) is 1. The molecule has 0 saturated carbocycles. The van der Waals surface area contributed by atoms with Crippen molar-refractivity contribution in [3.05, 3.63) is 64.1 Å². The van der Waals surface area contributed by atoms with E-state index in [4.69, 9.17) is 9.47 Å². The number of ether oxygens (including phenoxy) is 2. The highest BCUT2D eigenvalue weighted by molar-refractivity contribution is 7.26. The van der Waals surface area contributed by atoms with Crippen LogP contribution in [0, 0.1) is 6.92 Å². The molecule has 31 heavy (non-hydrogen) atoms. The zero-order valence-corrected chi connectivity index (χ0v) is 18.6. The molecule has 0 saturated heterocycles. The number of thiophene rings is 1. The summed E-state index contributed by atoms with van der Waals surface area (Å²) in [7, 11) is 3.12. The van der Waals surface area contributed by atoms with Gasteiger partial charge >= 0.3 is 0 Å². The van der Waals surface area contributed by atoms with E-state index in [1.54, 1.807) is 38.5 Å². The van der Waals surface area contributed by atoms with E-state index in [-0.39, 0.29) is 18.0 Å². The first-order valence-electron chi connectivity index (χ1n) is 9.84. The van der Waals surface area contributed by atoms with Crippen molar-refractivity contribution >= 4 is 37.4 Å². The van der Waals surface area contributed by atoms with Crippen molar-refractivity contribution in [2.45, 2.75) is 26.4 Å². The summed E-state index contributed by atoms with van der Waals surface area (Å²) in [4.78, 5) is 26.1. The van der Waals surface area contributed by atoms with Crippen molar-refractivity contribution in [1.29, 1.82) is 0 Å². The molecule has 0 aliphatic heterocycles. The van der Waals surface area contributed by atoms with Gasteiger partial charge in [-0.25, -0.2) is 4.68 Å². The van der Waals surface area contributed by atoms with Crippen LogP contribution in [0.1, 0.15) is 24.2 Å². The van der Waals surface area contributed by atoms with Gasteiger partial charge in [-0.2, -0.15) is 5.10 Å². The van der Waals surface area contributed by atoms with Crippen molar-refractivity contribution in [2.75, 3.05) is 14.2 Å². The Balaban J connectivity index is 1.65. The second-order valence-electron chi connectivity index (χ2n) is 7.18. The fourth-order valence-corrected chi connectivity index (χ4v) is 4.81. The predicted molar refractivity (Wildman–Crippen MR) is 122 cm³/mol. The summed E-state index contributed by atoms with van der Waals surface area (Å²) in [6.45, 7) is 3.77. The molecule has 8 heteroatoms. The molecule has 4 aromatic rings. The Labute approximate surface area is 183 Å². The Kier molecular flexibility index (Phi) is 5.65. The third-order valence-corrected chi connectivity index (χ3v) is 6.57. The van der Waals surface area contributed by atoms with Gasteiger partial charge in [0.15, 0.2) is 11.5 Å². The van der Waals surface area contributed by atoms with Crippen molar-refractivity contribution in [3.8, 4) is 11.5 Å². The Morgan fingerprint density at radius 3 is 2.68 bits per heavy atom. The molecule has 2 heterocycles. The minimum absolute atomic E-state index is 0.237. The maximum absolute atomic E-state index is 13.3. The molecule has 0 aliphatic carbocycles. The summed E-state index contributed by atoms with van der Waals surface area (Å²) in [5.41, 5.74) is 1.24. The largest absolute Gasteiger partial charge is 0.493 e. The first-order valence-corrected chi connectivity index (χ1v) is 10.7. The summed E-state index contributed by atoms with van der Waals surface area (Å²) >= 11 is 1.54. The molecule has 0 aliphatic rings. The first kappa shape index (κ1) is 20.9. The third kappa shape index (κ3) is 3.63. The lowest BCUT2D eigenvalue weighted by atomic mass is 10.1. The molecule has 2 aromatic carbocycles. The summed E-state index contributed by atoms with van der Waals surface area (Å²) < 4.78 is 13.9. The fourth-order valence-electron chi connectivity index (χ4n) is 3.68. The minimum Gasteiger partial charge on any atom is -0.493 e. The van der Waals surface area contributed by atoms with E-state index in [9.17, 15) is 9.59 Å². The molecule has 0 spiro atoms. The van der Waals surface area contributed by atoms with Crippen LogP contribution in [0.2, 0.25) is 0 Å². The SMILES string of the molecule is COc1cccc(CNC(=O)C(C)n2nc(C)c3sc4ccccc4c3c2=O)c1OC. The lowest BCUT2D eigenvalue weighted by molar-refractivity contribution is -0.124. The molecule has 1 unspecified atom stereocenters. The van der Waals surface area contributed by atoms with Gasteiger partial charge in [0.1, 0.15) is 6.04 Å². The average Bonchev–Trinajstić information content (AvgIpc) is 3.19. The van der Waals surface area contributed by atoms with Gasteiger partial charge in [0.05, 0.1) is 30.0 Å². The molecule has 160 valence electrons. The lowest BCUT2D eigenvalue weighted by Crippen LogP contribution is -2.37. The average molecular weight is 438 g/mol. The van der Waals surface area contributed by atoms with Gasteiger partial charge in [0.2, 0.25) is 5.91 Å². The highest BCUT2D eigenvalue weighted by Gasteiger charge is 2.22. The number of nitrogens with zero attached hydrogens (tertiary/aromatic N) is 2. The van der Waals surface area contributed by atoms with Gasteiger partial charge in [-0.05, 0) is 26.0 Å². The zero-order valence-electron chi connectivity index (χ0n) is 17.8. The first-order chi connectivity index (χ1) is 15.0. The number of carbonyl (C=O) groups excluding carboxylic acids is 1. The Hall–Kier alpha value is -3.39. The summed E-state index contributed by atoms with van der Waals surface area (Å²) in [5, 5.41) is 8.82. The minimum atomic E-state index is -0.772. The number of hydrogen-bond acceptors (Lipinski definition) is 6. The number of carbonyl (C=O) groups is 1. The highest BCUT2D eigenvalue weighted by Crippen LogP contribution is 2.33. The van der Waals surface area contributed by atoms with Crippen LogP contribution in [0.25, 0.3) is 20.2 Å². The van der Waals surface area contributed by atoms with Crippen LogP contribution in [-0.2, 0) is 11.3 Å². The van der Waals surface area contributed by atoms with Crippen molar-refractivity contribution in [1.82, 2.24) is 15.1 Å². The fraction of sp³-hybridized carbons (Fsp3) is 0.261. The number of para-hydroxylation sites is 1. The van der Waals surface area contributed by atoms with E-state index in [1.807, 2.05) is 43.3 Å². The van der Waals surface area contributed by atoms with Gasteiger partial charge in [-0.1, -0.05) is 30.3 Å². The molecule has 1 atom stereocenters. The van der Waals surface area contributed by atoms with Crippen LogP contribution >= 0.6 is 11.3 Å². The second kappa shape index (κ2) is 8.39. The predicted octanol–water partition coefficient (Wildman–Crippen LogP) is 3.81. The monoisotopic (exact) mass is 437 g/mol. The molecule has 1 N–H and O–H groups in total. The number of amides is 1. The van der Waals surface area contributed by atoms with Crippen LogP contribution in [0.3, 0.4) is 0 Å². The van der Waals surface area contributed by atoms with Gasteiger partial charge in [-0.3, -0.25) is 9.59 Å². The van der Waals surface area contributed by atoms with E-state index in [0.717, 1.165) is 26.0 Å². The van der Waals surface area contributed by atoms with Crippen LogP contribution in [0.4, 0.5) is 0 Å². The highest BCUT2D eigenvalue weighted by atomic mass is 32.1. The molecule has 0 bridgehead atoms. The molecule has 0 fully saturated rings. The van der Waals surface area contributed by atoms with E-state index < -0.39 is 6.04 Å². The Bertz CT molecular complexity index is 1340. The quantitative estimate of drug-likeness (QED) is 0.496. The Morgan fingerprint density at radius 1 is 1.16 bits per heavy atom. The van der Waals surface area contributed by atoms with E-state index in [2.05, 4.69) is 10.4 Å². The number of methoxy groups -OCH3 is 2. The maximum atomic E-state index is 13.3. The molecule has 1 amide bonds. The van der Waals surface area contributed by atoms with Gasteiger partial charge in [0.25, 0.3) is 5.56 Å². The lowest BCUT2D eigenvalue weighted by Gasteiger charge is -2.17. The molecule has 4 rings (SSSR count). The van der Waals surface area contributed by atoms with E-state index >= 15 is 0 Å². The van der Waals surface area contributed by atoms with Crippen LogP contribution in [-0.4, -0.2) is 29.9 Å². The molecular formula is C23H23N3O4S. The topological polar surface area (TPSA) is 82.5 Å². The molecular weight excluding hydrogens is 414 g/mol. The standard InChI is InChI=1S/C23H23N3O4S/c1-13-21-19(16-9-5-6-11-18(16)31-21)23(28)26(25-13)14(2)22(27)24-12-15-8-7-10-17(29-3)20(15)30-4/h5-11,14H,12H2,1-4H3,(H,24,27). The van der Waals surface area contributed by atoms with Gasteiger partial charge in [-0.15, -0.1) is 11.3 Å². The Morgan fingerprint density at radius 2 is 1.94 bits per heavy atom. The normalized spacial score (nSPS) is 12.1. The number of rotatable bonds is 6. The number of aryl methyl sites for hydroxylation is 1. The van der Waals surface area contributed by atoms with Gasteiger partial charge in [0, 0.05) is 22.2 Å². The summed E-state index contributed by atoms with van der Waals surface area (Å²) in [6.07, 6.45) is 0. The molecule has 7 nitrogen and oxygen atoms in total. The number of aromatic nitrogens is 2. The van der Waals surface area contributed by atoms with Crippen molar-refractivity contribution in [2.24, 2.45) is 0 Å². The third-order valence-electron chi connectivity index (χ3n) is 5.29. The van der Waals surface area contributed by atoms with Crippen molar-refractivity contribution < 1.29 is 14.3 Å². The van der Waals surface area contributed by atoms with E-state index in [1.165, 1.54) is 4.68 Å². The number of hydrogen-bond donors (Lipinski definition) is 1. The van der Waals surface area contributed by atoms with Gasteiger partial charge < -0.3 is 14.8 Å².